The highest BCUT2D eigenvalue weighted by Gasteiger charge is 2.28. The third kappa shape index (κ3) is 4.20. The van der Waals surface area contributed by atoms with Crippen molar-refractivity contribution < 1.29 is 32.3 Å². The van der Waals surface area contributed by atoms with E-state index >= 15 is 0 Å². The fraction of sp³-hybridized carbons (Fsp3) is 0.150. The Labute approximate surface area is 192 Å². The van der Waals surface area contributed by atoms with Crippen LogP contribution in [0.2, 0.25) is 0 Å². The Hall–Kier alpha value is -3.68. The van der Waals surface area contributed by atoms with Gasteiger partial charge in [0.1, 0.15) is 27.9 Å². The number of hydrogen-bond acceptors (Lipinski definition) is 8. The van der Waals surface area contributed by atoms with Crippen LogP contribution in [0, 0.1) is 13.8 Å². The molecule has 2 aromatic heterocycles. The van der Waals surface area contributed by atoms with Crippen molar-refractivity contribution in [3.05, 3.63) is 58.6 Å². The van der Waals surface area contributed by atoms with Gasteiger partial charge >= 0.3 is 16.9 Å². The summed E-state index contributed by atoms with van der Waals surface area (Å²) in [4.78, 5) is 18.4. The Kier molecular flexibility index (Phi) is 5.69. The fourth-order valence-corrected chi connectivity index (χ4v) is 4.47. The second-order valence-corrected chi connectivity index (χ2v) is 9.54. The van der Waals surface area contributed by atoms with E-state index in [9.17, 15) is 22.9 Å². The third-order valence-corrected chi connectivity index (χ3v) is 6.78. The summed E-state index contributed by atoms with van der Waals surface area (Å²) < 4.78 is 38.8. The maximum Gasteiger partial charge on any atom is 0.339 e. The lowest BCUT2D eigenvalue weighted by molar-refractivity contribution is -0.669. The van der Waals surface area contributed by atoms with Crippen LogP contribution in [0.5, 0.6) is 5.75 Å². The molecule has 0 aliphatic carbocycles. The SMILES string of the molecule is COc1ccc(-c2nnn(-c3ccc(S(=O)(=O)O)cc3)[n+]2-c2nc(C)c(C)s2)cc1C(=O)O. The van der Waals surface area contributed by atoms with Gasteiger partial charge in [-0.15, -0.1) is 4.98 Å². The van der Waals surface area contributed by atoms with E-state index in [0.29, 0.717) is 22.2 Å². The molecule has 4 aromatic rings. The van der Waals surface area contributed by atoms with Crippen LogP contribution in [0.25, 0.3) is 22.2 Å². The standard InChI is InChI=1S/C20H17N5O6S2/c1-11-12(2)32-20(21-11)24-18(13-4-9-17(31-3)16(10-13)19(26)27)22-23-25(24)14-5-7-15(8-6-14)33(28,29)30/h4-10H,1-3H3,(H-,26,27,28,29,30)/p+1. The van der Waals surface area contributed by atoms with Crippen molar-refractivity contribution in [2.24, 2.45) is 0 Å². The van der Waals surface area contributed by atoms with Gasteiger partial charge in [-0.3, -0.25) is 4.55 Å². The molecular weight excluding hydrogens is 470 g/mol. The van der Waals surface area contributed by atoms with Crippen LogP contribution in [0.3, 0.4) is 0 Å². The first-order chi connectivity index (χ1) is 15.6. The smallest absolute Gasteiger partial charge is 0.339 e. The van der Waals surface area contributed by atoms with Crippen LogP contribution in [0.1, 0.15) is 20.9 Å². The molecule has 0 saturated heterocycles. The normalized spacial score (nSPS) is 11.5. The Morgan fingerprint density at radius 2 is 1.85 bits per heavy atom. The molecule has 0 fully saturated rings. The number of benzene rings is 2. The zero-order chi connectivity index (χ0) is 23.9. The summed E-state index contributed by atoms with van der Waals surface area (Å²) >= 11 is 1.39. The van der Waals surface area contributed by atoms with Gasteiger partial charge in [0.05, 0.1) is 17.1 Å². The number of methoxy groups -OCH3 is 1. The molecule has 33 heavy (non-hydrogen) atoms. The first kappa shape index (κ1) is 22.5. The zero-order valence-electron chi connectivity index (χ0n) is 17.6. The number of nitrogens with zero attached hydrogens (tertiary/aromatic N) is 5. The van der Waals surface area contributed by atoms with Crippen LogP contribution in [-0.2, 0) is 10.1 Å². The predicted octanol–water partition coefficient (Wildman–Crippen LogP) is 2.24. The molecule has 0 radical (unpaired) electrons. The summed E-state index contributed by atoms with van der Waals surface area (Å²) in [5, 5.41) is 18.5. The van der Waals surface area contributed by atoms with Gasteiger partial charge in [0.15, 0.2) is 0 Å². The van der Waals surface area contributed by atoms with Gasteiger partial charge in [-0.25, -0.2) is 4.79 Å². The first-order valence-electron chi connectivity index (χ1n) is 9.42. The fourth-order valence-electron chi connectivity index (χ4n) is 3.09. The number of carbonyl (C=O) groups is 1. The highest BCUT2D eigenvalue weighted by atomic mass is 32.2. The molecule has 4 rings (SSSR count). The highest BCUT2D eigenvalue weighted by Crippen LogP contribution is 2.26. The maximum atomic E-state index is 11.7. The number of aryl methyl sites for hydroxylation is 2. The topological polar surface area (TPSA) is 148 Å². The second kappa shape index (κ2) is 8.35. The van der Waals surface area contributed by atoms with E-state index in [2.05, 4.69) is 15.3 Å². The lowest BCUT2D eigenvalue weighted by Crippen LogP contribution is -2.42. The van der Waals surface area contributed by atoms with E-state index in [-0.39, 0.29) is 16.2 Å². The summed E-state index contributed by atoms with van der Waals surface area (Å²) in [6.45, 7) is 3.78. The van der Waals surface area contributed by atoms with E-state index in [1.807, 2.05) is 13.8 Å². The molecule has 0 atom stereocenters. The lowest BCUT2D eigenvalue weighted by atomic mass is 10.1. The zero-order valence-corrected chi connectivity index (χ0v) is 19.3. The van der Waals surface area contributed by atoms with E-state index in [1.54, 1.807) is 10.7 Å². The number of carboxylic acids is 1. The predicted molar refractivity (Wildman–Crippen MR) is 117 cm³/mol. The second-order valence-electron chi connectivity index (χ2n) is 6.94. The molecule has 0 amide bonds. The number of tetrazole rings is 1. The van der Waals surface area contributed by atoms with Crippen molar-refractivity contribution in [2.45, 2.75) is 18.7 Å². The van der Waals surface area contributed by atoms with Gasteiger partial charge < -0.3 is 9.84 Å². The van der Waals surface area contributed by atoms with Crippen molar-refractivity contribution in [1.29, 1.82) is 0 Å². The summed E-state index contributed by atoms with van der Waals surface area (Å²) in [7, 11) is -2.97. The number of thiazole rings is 1. The molecule has 0 aliphatic heterocycles. The Balaban J connectivity index is 1.94. The van der Waals surface area contributed by atoms with Gasteiger partial charge in [0, 0.05) is 10.4 Å². The number of rotatable bonds is 6. The number of aromatic carboxylic acids is 1. The van der Waals surface area contributed by atoms with E-state index in [0.717, 1.165) is 10.6 Å². The monoisotopic (exact) mass is 488 g/mol. The quantitative estimate of drug-likeness (QED) is 0.308. The summed E-state index contributed by atoms with van der Waals surface area (Å²) in [6.07, 6.45) is 0. The summed E-state index contributed by atoms with van der Waals surface area (Å²) in [5.41, 5.74) is 1.67. The molecule has 2 aromatic carbocycles. The van der Waals surface area contributed by atoms with Crippen molar-refractivity contribution in [1.82, 2.24) is 20.1 Å². The number of hydrogen-bond donors (Lipinski definition) is 2. The number of ether oxygens (including phenoxy) is 1. The van der Waals surface area contributed by atoms with Crippen LogP contribution in [-0.4, -0.2) is 51.2 Å². The van der Waals surface area contributed by atoms with Crippen LogP contribution in [0.4, 0.5) is 0 Å². The van der Waals surface area contributed by atoms with Crippen molar-refractivity contribution in [2.75, 3.05) is 7.11 Å². The average Bonchev–Trinajstić information content (AvgIpc) is 3.36. The van der Waals surface area contributed by atoms with Crippen molar-refractivity contribution in [3.8, 4) is 28.0 Å². The first-order valence-corrected chi connectivity index (χ1v) is 11.7. The van der Waals surface area contributed by atoms with Crippen LogP contribution < -0.4 is 9.42 Å². The van der Waals surface area contributed by atoms with Crippen molar-refractivity contribution in [3.63, 3.8) is 0 Å². The molecule has 11 nitrogen and oxygen atoms in total. The highest BCUT2D eigenvalue weighted by molar-refractivity contribution is 7.85. The molecular formula is C20H18N5O6S2+. The lowest BCUT2D eigenvalue weighted by Gasteiger charge is -2.07. The van der Waals surface area contributed by atoms with E-state index < -0.39 is 16.1 Å². The molecule has 2 N–H and O–H groups in total. The van der Waals surface area contributed by atoms with E-state index in [1.165, 1.54) is 59.6 Å². The molecule has 2 heterocycles. The molecule has 0 bridgehead atoms. The van der Waals surface area contributed by atoms with Gasteiger partial charge in [-0.05, 0) is 61.1 Å². The Morgan fingerprint density at radius 3 is 2.39 bits per heavy atom. The minimum absolute atomic E-state index is 0.0416. The summed E-state index contributed by atoms with van der Waals surface area (Å²) in [5.74, 6) is -0.644. The minimum atomic E-state index is -4.35. The average molecular weight is 489 g/mol. The van der Waals surface area contributed by atoms with Gasteiger partial charge in [-0.1, -0.05) is 16.0 Å². The molecule has 170 valence electrons. The van der Waals surface area contributed by atoms with Gasteiger partial charge in [-0.2, -0.15) is 8.42 Å². The largest absolute Gasteiger partial charge is 0.496 e. The summed E-state index contributed by atoms with van der Waals surface area (Å²) in [6, 6.07) is 10.0. The molecule has 0 aliphatic rings. The number of carboxylic acid groups (broad SMARTS) is 1. The van der Waals surface area contributed by atoms with Crippen LogP contribution >= 0.6 is 11.3 Å². The van der Waals surface area contributed by atoms with E-state index in [4.69, 9.17) is 4.74 Å². The maximum absolute atomic E-state index is 11.7. The molecule has 0 saturated carbocycles. The Morgan fingerprint density at radius 1 is 1.15 bits per heavy atom. The third-order valence-electron chi connectivity index (χ3n) is 4.87. The molecule has 0 spiro atoms. The van der Waals surface area contributed by atoms with Crippen molar-refractivity contribution >= 4 is 27.4 Å². The minimum Gasteiger partial charge on any atom is -0.496 e. The Bertz CT molecular complexity index is 1460. The van der Waals surface area contributed by atoms with Gasteiger partial charge in [0.25, 0.3) is 10.1 Å². The number of aromatic nitrogens is 5. The van der Waals surface area contributed by atoms with Crippen LogP contribution in [0.15, 0.2) is 47.4 Å². The molecule has 0 unspecified atom stereocenters. The van der Waals surface area contributed by atoms with Gasteiger partial charge in [0.2, 0.25) is 0 Å². The molecule has 13 heteroatoms.